The summed E-state index contributed by atoms with van der Waals surface area (Å²) in [6, 6.07) is 5.35. The molecule has 154 valence electrons. The lowest BCUT2D eigenvalue weighted by Gasteiger charge is -2.14. The van der Waals surface area contributed by atoms with Crippen LogP contribution in [0.2, 0.25) is 0 Å². The SMILES string of the molecule is OCc1ccc2c(c1)OCCOCCOCCOCCOCCOCCO2. The molecule has 8 nitrogen and oxygen atoms in total. The van der Waals surface area contributed by atoms with Crippen molar-refractivity contribution in [2.24, 2.45) is 0 Å². The fourth-order valence-corrected chi connectivity index (χ4v) is 2.29. The Bertz CT molecular complexity index is 497. The predicted molar refractivity (Wildman–Crippen MR) is 97.4 cm³/mol. The second-order valence-corrected chi connectivity index (χ2v) is 5.70. The monoisotopic (exact) mass is 386 g/mol. The van der Waals surface area contributed by atoms with Crippen molar-refractivity contribution in [3.05, 3.63) is 23.8 Å². The summed E-state index contributed by atoms with van der Waals surface area (Å²) in [6.07, 6.45) is 0. The number of hydrogen-bond acceptors (Lipinski definition) is 8. The van der Waals surface area contributed by atoms with Gasteiger partial charge in [0.25, 0.3) is 0 Å². The van der Waals surface area contributed by atoms with E-state index in [1.165, 1.54) is 0 Å². The van der Waals surface area contributed by atoms with Gasteiger partial charge < -0.3 is 38.3 Å². The van der Waals surface area contributed by atoms with Crippen molar-refractivity contribution in [1.82, 2.24) is 0 Å². The third-order valence-electron chi connectivity index (χ3n) is 3.65. The van der Waals surface area contributed by atoms with Crippen LogP contribution in [0.4, 0.5) is 0 Å². The van der Waals surface area contributed by atoms with Crippen molar-refractivity contribution in [3.63, 3.8) is 0 Å². The molecule has 1 heterocycles. The van der Waals surface area contributed by atoms with E-state index in [0.29, 0.717) is 90.8 Å². The summed E-state index contributed by atoms with van der Waals surface area (Å²) in [5.74, 6) is 1.19. The maximum Gasteiger partial charge on any atom is 0.161 e. The molecular formula is C19H30O8. The van der Waals surface area contributed by atoms with Crippen molar-refractivity contribution in [2.75, 3.05) is 79.3 Å². The van der Waals surface area contributed by atoms with Gasteiger partial charge in [-0.25, -0.2) is 0 Å². The number of aliphatic hydroxyl groups is 1. The van der Waals surface area contributed by atoms with Crippen LogP contribution in [0, 0.1) is 0 Å². The lowest BCUT2D eigenvalue weighted by atomic mass is 10.2. The van der Waals surface area contributed by atoms with Gasteiger partial charge in [0.2, 0.25) is 0 Å². The molecule has 0 bridgehead atoms. The molecule has 1 aliphatic heterocycles. The minimum atomic E-state index is -0.0582. The first-order valence-corrected chi connectivity index (χ1v) is 9.28. The minimum Gasteiger partial charge on any atom is -0.487 e. The van der Waals surface area contributed by atoms with Crippen LogP contribution in [0.25, 0.3) is 0 Å². The van der Waals surface area contributed by atoms with Crippen LogP contribution in [0.1, 0.15) is 5.56 Å². The highest BCUT2D eigenvalue weighted by molar-refractivity contribution is 5.42. The van der Waals surface area contributed by atoms with Gasteiger partial charge in [-0.1, -0.05) is 6.07 Å². The molecule has 0 aromatic heterocycles. The van der Waals surface area contributed by atoms with E-state index in [9.17, 15) is 5.11 Å². The van der Waals surface area contributed by atoms with Crippen molar-refractivity contribution in [3.8, 4) is 11.5 Å². The van der Waals surface area contributed by atoms with Crippen LogP contribution in [0.15, 0.2) is 18.2 Å². The molecule has 8 heteroatoms. The normalized spacial score (nSPS) is 19.7. The van der Waals surface area contributed by atoms with E-state index in [4.69, 9.17) is 33.2 Å². The second kappa shape index (κ2) is 14.6. The molecule has 27 heavy (non-hydrogen) atoms. The van der Waals surface area contributed by atoms with Gasteiger partial charge in [0, 0.05) is 0 Å². The summed E-state index contributed by atoms with van der Waals surface area (Å²) in [6.45, 7) is 5.72. The molecule has 1 aliphatic rings. The van der Waals surface area contributed by atoms with E-state index in [2.05, 4.69) is 0 Å². The van der Waals surface area contributed by atoms with Crippen LogP contribution >= 0.6 is 0 Å². The Balaban J connectivity index is 1.81. The standard InChI is InChI=1S/C19H30O8/c20-16-17-1-2-18-19(15-17)27-14-12-25-10-8-23-6-4-21-3-5-22-7-9-24-11-13-26-18/h1-2,15,20H,3-14,16H2. The minimum absolute atomic E-state index is 0.0582. The van der Waals surface area contributed by atoms with Crippen LogP contribution < -0.4 is 9.47 Å². The van der Waals surface area contributed by atoms with E-state index < -0.39 is 0 Å². The zero-order chi connectivity index (χ0) is 19.0. The average Bonchev–Trinajstić information content (AvgIpc) is 2.69. The highest BCUT2D eigenvalue weighted by Crippen LogP contribution is 2.28. The van der Waals surface area contributed by atoms with Crippen LogP contribution in [0.5, 0.6) is 11.5 Å². The first kappa shape index (κ1) is 21.9. The molecule has 0 unspecified atom stereocenters. The molecular weight excluding hydrogens is 356 g/mol. The van der Waals surface area contributed by atoms with Gasteiger partial charge in [-0.2, -0.15) is 0 Å². The largest absolute Gasteiger partial charge is 0.487 e. The zero-order valence-corrected chi connectivity index (χ0v) is 15.7. The molecule has 0 spiro atoms. The molecule has 1 aromatic rings. The molecule has 0 saturated heterocycles. The number of hydrogen-bond donors (Lipinski definition) is 1. The molecule has 0 amide bonds. The Morgan fingerprint density at radius 1 is 0.556 bits per heavy atom. The second-order valence-electron chi connectivity index (χ2n) is 5.70. The molecule has 2 rings (SSSR count). The van der Waals surface area contributed by atoms with Crippen molar-refractivity contribution >= 4 is 0 Å². The van der Waals surface area contributed by atoms with Crippen molar-refractivity contribution in [1.29, 1.82) is 0 Å². The zero-order valence-electron chi connectivity index (χ0n) is 15.7. The van der Waals surface area contributed by atoms with Crippen molar-refractivity contribution < 1.29 is 38.3 Å². The fourth-order valence-electron chi connectivity index (χ4n) is 2.29. The molecule has 0 aliphatic carbocycles. The smallest absolute Gasteiger partial charge is 0.161 e. The van der Waals surface area contributed by atoms with Gasteiger partial charge in [0.1, 0.15) is 13.2 Å². The molecule has 0 radical (unpaired) electrons. The molecule has 1 aromatic carbocycles. The maximum atomic E-state index is 9.31. The van der Waals surface area contributed by atoms with E-state index in [1.54, 1.807) is 18.2 Å². The Morgan fingerprint density at radius 2 is 0.963 bits per heavy atom. The summed E-state index contributed by atoms with van der Waals surface area (Å²) < 4.78 is 38.7. The molecule has 1 N–H and O–H groups in total. The average molecular weight is 386 g/mol. The molecule has 0 atom stereocenters. The van der Waals surface area contributed by atoms with Gasteiger partial charge in [0.05, 0.1) is 72.7 Å². The first-order chi connectivity index (χ1) is 13.4. The maximum absolute atomic E-state index is 9.31. The van der Waals surface area contributed by atoms with Gasteiger partial charge in [-0.05, 0) is 17.7 Å². The molecule has 0 fully saturated rings. The summed E-state index contributed by atoms with van der Waals surface area (Å²) in [7, 11) is 0. The third kappa shape index (κ3) is 9.90. The Hall–Kier alpha value is -1.42. The van der Waals surface area contributed by atoms with Gasteiger partial charge in [-0.15, -0.1) is 0 Å². The van der Waals surface area contributed by atoms with Gasteiger partial charge >= 0.3 is 0 Å². The summed E-state index contributed by atoms with van der Waals surface area (Å²) in [4.78, 5) is 0. The summed E-state index contributed by atoms with van der Waals surface area (Å²) in [5.41, 5.74) is 0.757. The number of fused-ring (bicyclic) bond motifs is 1. The predicted octanol–water partition coefficient (Wildman–Crippen LogP) is 1.03. The number of aliphatic hydroxyl groups excluding tert-OH is 1. The summed E-state index contributed by atoms with van der Waals surface area (Å²) in [5, 5.41) is 9.31. The lowest BCUT2D eigenvalue weighted by molar-refractivity contribution is -0.0134. The van der Waals surface area contributed by atoms with E-state index in [-0.39, 0.29) is 6.61 Å². The van der Waals surface area contributed by atoms with Crippen LogP contribution in [0.3, 0.4) is 0 Å². The highest BCUT2D eigenvalue weighted by atomic mass is 16.6. The Labute approximate surface area is 160 Å². The lowest BCUT2D eigenvalue weighted by Crippen LogP contribution is -2.14. The van der Waals surface area contributed by atoms with E-state index in [1.807, 2.05) is 0 Å². The Kier molecular flexibility index (Phi) is 11.8. The first-order valence-electron chi connectivity index (χ1n) is 9.28. The third-order valence-corrected chi connectivity index (χ3v) is 3.65. The van der Waals surface area contributed by atoms with Crippen molar-refractivity contribution in [2.45, 2.75) is 6.61 Å². The number of ether oxygens (including phenoxy) is 7. The van der Waals surface area contributed by atoms with Gasteiger partial charge in [0.15, 0.2) is 11.5 Å². The quantitative estimate of drug-likeness (QED) is 0.766. The van der Waals surface area contributed by atoms with Crippen LogP contribution in [-0.4, -0.2) is 84.4 Å². The summed E-state index contributed by atoms with van der Waals surface area (Å²) >= 11 is 0. The molecule has 0 saturated carbocycles. The van der Waals surface area contributed by atoms with E-state index >= 15 is 0 Å². The highest BCUT2D eigenvalue weighted by Gasteiger charge is 2.07. The Morgan fingerprint density at radius 3 is 1.41 bits per heavy atom. The van der Waals surface area contributed by atoms with Gasteiger partial charge in [-0.3, -0.25) is 0 Å². The fraction of sp³-hybridized carbons (Fsp3) is 0.684. The topological polar surface area (TPSA) is 84.8 Å². The number of benzene rings is 1. The number of rotatable bonds is 1. The van der Waals surface area contributed by atoms with Crippen LogP contribution in [-0.2, 0) is 30.3 Å². The van der Waals surface area contributed by atoms with E-state index in [0.717, 1.165) is 5.56 Å².